The summed E-state index contributed by atoms with van der Waals surface area (Å²) in [5.74, 6) is -0.341. The Balaban J connectivity index is 2.05. The Labute approximate surface area is 141 Å². The fraction of sp³-hybridized carbons (Fsp3) is 0.235. The van der Waals surface area contributed by atoms with E-state index >= 15 is 0 Å². The summed E-state index contributed by atoms with van der Waals surface area (Å²) in [6, 6.07) is 10.9. The van der Waals surface area contributed by atoms with Crippen LogP contribution in [0.2, 0.25) is 0 Å². The summed E-state index contributed by atoms with van der Waals surface area (Å²) in [5.41, 5.74) is 0.937. The number of nitrogens with one attached hydrogen (secondary N) is 2. The zero-order valence-corrected chi connectivity index (χ0v) is 14.2. The molecule has 2 aromatic rings. The molecule has 0 atom stereocenters. The van der Waals surface area contributed by atoms with Gasteiger partial charge in [-0.2, -0.15) is 0 Å². The topological polar surface area (TPSA) is 75.3 Å². The van der Waals surface area contributed by atoms with E-state index in [9.17, 15) is 17.6 Å². The van der Waals surface area contributed by atoms with Gasteiger partial charge in [0.15, 0.2) is 0 Å². The Morgan fingerprint density at radius 3 is 2.08 bits per heavy atom. The molecule has 7 heteroatoms. The van der Waals surface area contributed by atoms with E-state index < -0.39 is 15.8 Å². The molecule has 2 N–H and O–H groups in total. The second kappa shape index (κ2) is 7.44. The van der Waals surface area contributed by atoms with Crippen molar-refractivity contribution in [2.75, 3.05) is 10.0 Å². The number of carbonyl (C=O) groups is 1. The van der Waals surface area contributed by atoms with Crippen LogP contribution in [0.25, 0.3) is 0 Å². The molecule has 0 spiro atoms. The maximum Gasteiger partial charge on any atom is 0.261 e. The molecular weight excluding hydrogens is 331 g/mol. The Hall–Kier alpha value is -2.41. The lowest BCUT2D eigenvalue weighted by Crippen LogP contribution is -2.14. The highest BCUT2D eigenvalue weighted by Gasteiger charge is 2.14. The number of hydrogen-bond donors (Lipinski definition) is 2. The van der Waals surface area contributed by atoms with Crippen LogP contribution in [0.1, 0.15) is 20.3 Å². The Morgan fingerprint density at radius 2 is 1.54 bits per heavy atom. The summed E-state index contributed by atoms with van der Waals surface area (Å²) < 4.78 is 39.7. The van der Waals surface area contributed by atoms with Crippen molar-refractivity contribution in [3.63, 3.8) is 0 Å². The number of amides is 1. The number of rotatable bonds is 6. The minimum Gasteiger partial charge on any atom is -0.326 e. The highest BCUT2D eigenvalue weighted by molar-refractivity contribution is 7.92. The largest absolute Gasteiger partial charge is 0.326 e. The maximum atomic E-state index is 12.9. The summed E-state index contributed by atoms with van der Waals surface area (Å²) in [7, 11) is -3.79. The number of hydrogen-bond acceptors (Lipinski definition) is 3. The van der Waals surface area contributed by atoms with Crippen LogP contribution in [-0.2, 0) is 14.8 Å². The van der Waals surface area contributed by atoms with E-state index in [0.29, 0.717) is 17.8 Å². The smallest absolute Gasteiger partial charge is 0.261 e. The first kappa shape index (κ1) is 17.9. The summed E-state index contributed by atoms with van der Waals surface area (Å²) in [5, 5.41) is 2.74. The SMILES string of the molecule is CC(C)CC(=O)Nc1ccc(NS(=O)(=O)c2ccc(F)cc2)cc1. The van der Waals surface area contributed by atoms with Crippen LogP contribution in [0.3, 0.4) is 0 Å². The molecule has 0 fully saturated rings. The molecule has 0 saturated heterocycles. The average molecular weight is 350 g/mol. The van der Waals surface area contributed by atoms with Crippen molar-refractivity contribution >= 4 is 27.3 Å². The number of halogens is 1. The molecule has 0 heterocycles. The summed E-state index contributed by atoms with van der Waals surface area (Å²) in [6.07, 6.45) is 0.416. The van der Waals surface area contributed by atoms with Crippen molar-refractivity contribution in [3.8, 4) is 0 Å². The third-order valence-electron chi connectivity index (χ3n) is 3.14. The minimum atomic E-state index is -3.79. The van der Waals surface area contributed by atoms with Crippen LogP contribution >= 0.6 is 0 Å². The molecule has 0 radical (unpaired) electrons. The third-order valence-corrected chi connectivity index (χ3v) is 4.54. The van der Waals surface area contributed by atoms with Gasteiger partial charge in [0.25, 0.3) is 10.0 Å². The van der Waals surface area contributed by atoms with Crippen molar-refractivity contribution in [2.45, 2.75) is 25.2 Å². The molecule has 5 nitrogen and oxygen atoms in total. The normalized spacial score (nSPS) is 11.3. The van der Waals surface area contributed by atoms with Crippen molar-refractivity contribution in [2.24, 2.45) is 5.92 Å². The maximum absolute atomic E-state index is 12.9. The second-order valence-electron chi connectivity index (χ2n) is 5.78. The fourth-order valence-electron chi connectivity index (χ4n) is 2.03. The lowest BCUT2D eigenvalue weighted by Gasteiger charge is -2.10. The van der Waals surface area contributed by atoms with Gasteiger partial charge in [-0.1, -0.05) is 13.8 Å². The van der Waals surface area contributed by atoms with Gasteiger partial charge in [0.1, 0.15) is 5.82 Å². The monoisotopic (exact) mass is 350 g/mol. The van der Waals surface area contributed by atoms with Crippen LogP contribution in [-0.4, -0.2) is 14.3 Å². The highest BCUT2D eigenvalue weighted by Crippen LogP contribution is 2.19. The van der Waals surface area contributed by atoms with Gasteiger partial charge >= 0.3 is 0 Å². The standard InChI is InChI=1S/C17H19FN2O3S/c1-12(2)11-17(21)19-14-5-7-15(8-6-14)20-24(22,23)16-9-3-13(18)4-10-16/h3-10,12,20H,11H2,1-2H3,(H,19,21). The highest BCUT2D eigenvalue weighted by atomic mass is 32.2. The van der Waals surface area contributed by atoms with E-state index in [2.05, 4.69) is 10.0 Å². The van der Waals surface area contributed by atoms with E-state index in [1.54, 1.807) is 24.3 Å². The number of sulfonamides is 1. The van der Waals surface area contributed by atoms with E-state index in [-0.39, 0.29) is 16.7 Å². The van der Waals surface area contributed by atoms with Crippen molar-refractivity contribution in [1.29, 1.82) is 0 Å². The van der Waals surface area contributed by atoms with Crippen LogP contribution < -0.4 is 10.0 Å². The summed E-state index contributed by atoms with van der Waals surface area (Å²) >= 11 is 0. The molecule has 128 valence electrons. The van der Waals surface area contributed by atoms with Crippen molar-refractivity contribution in [3.05, 3.63) is 54.3 Å². The van der Waals surface area contributed by atoms with Gasteiger partial charge in [-0.3, -0.25) is 9.52 Å². The van der Waals surface area contributed by atoms with Gasteiger partial charge in [0.2, 0.25) is 5.91 Å². The van der Waals surface area contributed by atoms with Gasteiger partial charge in [0.05, 0.1) is 4.90 Å². The molecule has 0 saturated carbocycles. The van der Waals surface area contributed by atoms with E-state index in [1.807, 2.05) is 13.8 Å². The molecule has 2 rings (SSSR count). The van der Waals surface area contributed by atoms with Crippen LogP contribution in [0, 0.1) is 11.7 Å². The van der Waals surface area contributed by atoms with Crippen molar-refractivity contribution < 1.29 is 17.6 Å². The fourth-order valence-corrected chi connectivity index (χ4v) is 3.09. The van der Waals surface area contributed by atoms with Gasteiger partial charge in [0, 0.05) is 17.8 Å². The van der Waals surface area contributed by atoms with Gasteiger partial charge < -0.3 is 5.32 Å². The molecular formula is C17H19FN2O3S. The second-order valence-corrected chi connectivity index (χ2v) is 7.47. The van der Waals surface area contributed by atoms with E-state index in [0.717, 1.165) is 12.1 Å². The lowest BCUT2D eigenvalue weighted by atomic mass is 10.1. The summed E-state index contributed by atoms with van der Waals surface area (Å²) in [6.45, 7) is 3.90. The molecule has 0 aliphatic heterocycles. The number of carbonyl (C=O) groups excluding carboxylic acids is 1. The zero-order valence-electron chi connectivity index (χ0n) is 13.4. The number of anilines is 2. The van der Waals surface area contributed by atoms with Crippen LogP contribution in [0.15, 0.2) is 53.4 Å². The average Bonchev–Trinajstić information content (AvgIpc) is 2.48. The molecule has 0 unspecified atom stereocenters. The van der Waals surface area contributed by atoms with Crippen LogP contribution in [0.4, 0.5) is 15.8 Å². The minimum absolute atomic E-state index is 0.0294. The van der Waals surface area contributed by atoms with Gasteiger partial charge in [-0.05, 0) is 54.4 Å². The number of benzene rings is 2. The first-order chi connectivity index (χ1) is 11.3. The molecule has 0 aromatic heterocycles. The quantitative estimate of drug-likeness (QED) is 0.836. The molecule has 0 bridgehead atoms. The van der Waals surface area contributed by atoms with E-state index in [1.165, 1.54) is 12.1 Å². The molecule has 0 aliphatic carbocycles. The Kier molecular flexibility index (Phi) is 5.56. The summed E-state index contributed by atoms with van der Waals surface area (Å²) in [4.78, 5) is 11.7. The zero-order chi connectivity index (χ0) is 17.7. The predicted octanol–water partition coefficient (Wildman–Crippen LogP) is 3.61. The van der Waals surface area contributed by atoms with Gasteiger partial charge in [-0.15, -0.1) is 0 Å². The van der Waals surface area contributed by atoms with Gasteiger partial charge in [-0.25, -0.2) is 12.8 Å². The Bertz CT molecular complexity index is 801. The Morgan fingerprint density at radius 1 is 1.00 bits per heavy atom. The first-order valence-electron chi connectivity index (χ1n) is 7.44. The molecule has 2 aromatic carbocycles. The van der Waals surface area contributed by atoms with Crippen LogP contribution in [0.5, 0.6) is 0 Å². The lowest BCUT2D eigenvalue weighted by molar-refractivity contribution is -0.116. The first-order valence-corrected chi connectivity index (χ1v) is 8.93. The van der Waals surface area contributed by atoms with Crippen molar-refractivity contribution in [1.82, 2.24) is 0 Å². The van der Waals surface area contributed by atoms with E-state index in [4.69, 9.17) is 0 Å². The molecule has 0 aliphatic rings. The predicted molar refractivity (Wildman–Crippen MR) is 91.7 cm³/mol. The third kappa shape index (κ3) is 5.06. The molecule has 24 heavy (non-hydrogen) atoms. The molecule has 1 amide bonds.